The number of hydrogen-bond acceptors (Lipinski definition) is 4. The van der Waals surface area contributed by atoms with Gasteiger partial charge in [-0.05, 0) is 22.1 Å². The van der Waals surface area contributed by atoms with Crippen LogP contribution in [-0.4, -0.2) is 20.6 Å². The molecule has 0 aliphatic rings. The van der Waals surface area contributed by atoms with Crippen molar-refractivity contribution in [1.29, 1.82) is 0 Å². The van der Waals surface area contributed by atoms with Crippen LogP contribution in [0.5, 0.6) is 0 Å². The number of nitrogens with zero attached hydrogens (tertiary/aromatic N) is 3. The largest absolute Gasteiger partial charge is 0.311 e. The monoisotopic (exact) mass is 392 g/mol. The molecule has 1 heterocycles. The second-order valence-electron chi connectivity index (χ2n) is 7.97. The van der Waals surface area contributed by atoms with Gasteiger partial charge in [0.1, 0.15) is 5.82 Å². The van der Waals surface area contributed by atoms with Crippen LogP contribution in [0.1, 0.15) is 37.5 Å². The van der Waals surface area contributed by atoms with E-state index in [2.05, 4.69) is 55.5 Å². The molecule has 0 radical (unpaired) electrons. The molecule has 0 unspecified atom stereocenters. The minimum Gasteiger partial charge on any atom is -0.311 e. The normalized spacial score (nSPS) is 11.3. The minimum absolute atomic E-state index is 0.00436. The van der Waals surface area contributed by atoms with Crippen molar-refractivity contribution < 1.29 is 9.72 Å². The van der Waals surface area contributed by atoms with Gasteiger partial charge in [-0.15, -0.1) is 0 Å². The Hall–Kier alpha value is -3.48. The average Bonchev–Trinajstić information content (AvgIpc) is 3.08. The van der Waals surface area contributed by atoms with E-state index in [1.54, 1.807) is 29.1 Å². The van der Waals surface area contributed by atoms with Crippen molar-refractivity contribution >= 4 is 17.4 Å². The van der Waals surface area contributed by atoms with E-state index in [0.717, 1.165) is 5.56 Å². The second kappa shape index (κ2) is 8.26. The van der Waals surface area contributed by atoms with Crippen LogP contribution in [-0.2, 0) is 23.2 Å². The Morgan fingerprint density at radius 3 is 2.24 bits per heavy atom. The second-order valence-corrected chi connectivity index (χ2v) is 7.97. The standard InChI is InChI=1S/C22H24N4O3/c1-22(2,3)18-8-4-17(5-9-18)15-25-20(12-13-23-25)24-21(27)14-16-6-10-19(11-7-16)26(28)29/h4-13H,14-15H2,1-3H3,(H,24,27). The maximum Gasteiger partial charge on any atom is 0.269 e. The van der Waals surface area contributed by atoms with Gasteiger partial charge in [-0.2, -0.15) is 5.10 Å². The Kier molecular flexibility index (Phi) is 5.77. The highest BCUT2D eigenvalue weighted by molar-refractivity contribution is 5.91. The highest BCUT2D eigenvalue weighted by Crippen LogP contribution is 2.22. The predicted octanol–water partition coefficient (Wildman–Crippen LogP) is 4.32. The number of carbonyl (C=O) groups is 1. The number of benzene rings is 2. The van der Waals surface area contributed by atoms with Crippen LogP contribution in [0.2, 0.25) is 0 Å². The SMILES string of the molecule is CC(C)(C)c1ccc(Cn2nccc2NC(=O)Cc2ccc([N+](=O)[O-])cc2)cc1. The molecular formula is C22H24N4O3. The van der Waals surface area contributed by atoms with Crippen LogP contribution < -0.4 is 5.32 Å². The summed E-state index contributed by atoms with van der Waals surface area (Å²) in [7, 11) is 0. The van der Waals surface area contributed by atoms with Crippen molar-refractivity contribution in [3.63, 3.8) is 0 Å². The van der Waals surface area contributed by atoms with Crippen LogP contribution in [0.3, 0.4) is 0 Å². The van der Waals surface area contributed by atoms with Crippen LogP contribution in [0.25, 0.3) is 0 Å². The van der Waals surface area contributed by atoms with Crippen LogP contribution in [0.15, 0.2) is 60.8 Å². The number of nitro groups is 1. The van der Waals surface area contributed by atoms with E-state index < -0.39 is 4.92 Å². The maximum atomic E-state index is 12.4. The molecule has 0 spiro atoms. The van der Waals surface area contributed by atoms with Crippen molar-refractivity contribution in [2.75, 3.05) is 5.32 Å². The van der Waals surface area contributed by atoms with Gasteiger partial charge < -0.3 is 5.32 Å². The maximum absolute atomic E-state index is 12.4. The van der Waals surface area contributed by atoms with Gasteiger partial charge >= 0.3 is 0 Å². The summed E-state index contributed by atoms with van der Waals surface area (Å²) in [5.74, 6) is 0.403. The lowest BCUT2D eigenvalue weighted by Gasteiger charge is -2.19. The number of hydrogen-bond donors (Lipinski definition) is 1. The van der Waals surface area contributed by atoms with Crippen LogP contribution in [0.4, 0.5) is 11.5 Å². The van der Waals surface area contributed by atoms with Crippen LogP contribution in [0, 0.1) is 10.1 Å². The summed E-state index contributed by atoms with van der Waals surface area (Å²) in [5.41, 5.74) is 3.16. The van der Waals surface area contributed by atoms with E-state index in [0.29, 0.717) is 17.9 Å². The fourth-order valence-electron chi connectivity index (χ4n) is 2.96. The summed E-state index contributed by atoms with van der Waals surface area (Å²) in [6.07, 6.45) is 1.77. The summed E-state index contributed by atoms with van der Waals surface area (Å²) in [4.78, 5) is 22.6. The third-order valence-electron chi connectivity index (χ3n) is 4.65. The Morgan fingerprint density at radius 2 is 1.66 bits per heavy atom. The van der Waals surface area contributed by atoms with Gasteiger partial charge in [0, 0.05) is 18.2 Å². The Bertz CT molecular complexity index is 1000. The van der Waals surface area contributed by atoms with E-state index in [-0.39, 0.29) is 23.4 Å². The number of non-ortho nitro benzene ring substituents is 1. The quantitative estimate of drug-likeness (QED) is 0.500. The molecular weight excluding hydrogens is 368 g/mol. The summed E-state index contributed by atoms with van der Waals surface area (Å²) >= 11 is 0. The number of carbonyl (C=O) groups excluding carboxylic acids is 1. The Morgan fingerprint density at radius 1 is 1.03 bits per heavy atom. The molecule has 29 heavy (non-hydrogen) atoms. The van der Waals surface area contributed by atoms with Crippen molar-refractivity contribution in [3.05, 3.63) is 87.6 Å². The van der Waals surface area contributed by atoms with E-state index in [1.165, 1.54) is 17.7 Å². The summed E-state index contributed by atoms with van der Waals surface area (Å²) in [6.45, 7) is 7.07. The molecule has 7 nitrogen and oxygen atoms in total. The first kappa shape index (κ1) is 20.3. The first-order valence-corrected chi connectivity index (χ1v) is 9.37. The minimum atomic E-state index is -0.462. The number of rotatable bonds is 6. The third-order valence-corrected chi connectivity index (χ3v) is 4.65. The predicted molar refractivity (Wildman–Crippen MR) is 112 cm³/mol. The molecule has 2 aromatic carbocycles. The number of aromatic nitrogens is 2. The molecule has 3 aromatic rings. The molecule has 0 saturated carbocycles. The summed E-state index contributed by atoms with van der Waals surface area (Å²) in [5, 5.41) is 17.9. The van der Waals surface area contributed by atoms with Crippen molar-refractivity contribution in [3.8, 4) is 0 Å². The fourth-order valence-corrected chi connectivity index (χ4v) is 2.96. The van der Waals surface area contributed by atoms with Gasteiger partial charge in [-0.25, -0.2) is 4.68 Å². The highest BCUT2D eigenvalue weighted by atomic mass is 16.6. The smallest absolute Gasteiger partial charge is 0.269 e. The molecule has 150 valence electrons. The van der Waals surface area contributed by atoms with Crippen molar-refractivity contribution in [1.82, 2.24) is 9.78 Å². The molecule has 0 aliphatic carbocycles. The number of nitro benzene ring substituents is 1. The van der Waals surface area contributed by atoms with Crippen LogP contribution >= 0.6 is 0 Å². The summed E-state index contributed by atoms with van der Waals surface area (Å²) in [6, 6.07) is 16.1. The average molecular weight is 392 g/mol. The van der Waals surface area contributed by atoms with Gasteiger partial charge in [0.25, 0.3) is 5.69 Å². The molecule has 0 atom stereocenters. The van der Waals surface area contributed by atoms with Gasteiger partial charge in [0.05, 0.1) is 24.1 Å². The lowest BCUT2D eigenvalue weighted by molar-refractivity contribution is -0.384. The Balaban J connectivity index is 1.63. The third kappa shape index (κ3) is 5.28. The fraction of sp³-hybridized carbons (Fsp3) is 0.273. The molecule has 0 aliphatic heterocycles. The Labute approximate surface area is 169 Å². The molecule has 7 heteroatoms. The van der Waals surface area contributed by atoms with E-state index in [9.17, 15) is 14.9 Å². The first-order valence-electron chi connectivity index (χ1n) is 9.37. The lowest BCUT2D eigenvalue weighted by Crippen LogP contribution is -2.18. The van der Waals surface area contributed by atoms with Gasteiger partial charge in [0.2, 0.25) is 5.91 Å². The molecule has 1 N–H and O–H groups in total. The van der Waals surface area contributed by atoms with Gasteiger partial charge in [-0.3, -0.25) is 14.9 Å². The molecule has 0 saturated heterocycles. The summed E-state index contributed by atoms with van der Waals surface area (Å²) < 4.78 is 1.74. The number of nitrogens with one attached hydrogen (secondary N) is 1. The van der Waals surface area contributed by atoms with E-state index >= 15 is 0 Å². The topological polar surface area (TPSA) is 90.1 Å². The van der Waals surface area contributed by atoms with Gasteiger partial charge in [0.15, 0.2) is 0 Å². The highest BCUT2D eigenvalue weighted by Gasteiger charge is 2.14. The molecule has 3 rings (SSSR count). The zero-order valence-electron chi connectivity index (χ0n) is 16.8. The van der Waals surface area contributed by atoms with Crippen molar-refractivity contribution in [2.24, 2.45) is 0 Å². The molecule has 1 aromatic heterocycles. The lowest BCUT2D eigenvalue weighted by atomic mass is 9.87. The zero-order valence-corrected chi connectivity index (χ0v) is 16.8. The van der Waals surface area contributed by atoms with E-state index in [4.69, 9.17) is 0 Å². The van der Waals surface area contributed by atoms with Gasteiger partial charge in [-0.1, -0.05) is 57.2 Å². The number of amides is 1. The number of anilines is 1. The van der Waals surface area contributed by atoms with Crippen molar-refractivity contribution in [2.45, 2.75) is 39.2 Å². The molecule has 0 fully saturated rings. The molecule has 1 amide bonds. The van der Waals surface area contributed by atoms with E-state index in [1.807, 2.05) is 0 Å². The molecule has 0 bridgehead atoms. The zero-order chi connectivity index (χ0) is 21.0. The first-order chi connectivity index (χ1) is 13.7.